The van der Waals surface area contributed by atoms with Gasteiger partial charge in [-0.3, -0.25) is 14.2 Å². The summed E-state index contributed by atoms with van der Waals surface area (Å²) in [4.78, 5) is 31.3. The highest BCUT2D eigenvalue weighted by molar-refractivity contribution is 7.99. The van der Waals surface area contributed by atoms with E-state index in [1.54, 1.807) is 31.3 Å². The van der Waals surface area contributed by atoms with Gasteiger partial charge in [-0.05, 0) is 55.5 Å². The van der Waals surface area contributed by atoms with Gasteiger partial charge in [0, 0.05) is 12.7 Å². The topological polar surface area (TPSA) is 76.5 Å². The van der Waals surface area contributed by atoms with Gasteiger partial charge in [0.25, 0.3) is 0 Å². The van der Waals surface area contributed by atoms with Crippen molar-refractivity contribution in [3.8, 4) is 11.4 Å². The second kappa shape index (κ2) is 11.3. The number of carbonyl (C=O) groups is 2. The maximum absolute atomic E-state index is 12.8. The number of halogens is 1. The number of anilines is 1. The molecule has 1 aromatic heterocycles. The van der Waals surface area contributed by atoms with Gasteiger partial charge in [-0.1, -0.05) is 47.6 Å². The van der Waals surface area contributed by atoms with Gasteiger partial charge in [-0.25, -0.2) is 4.98 Å². The van der Waals surface area contributed by atoms with Crippen LogP contribution >= 0.6 is 23.4 Å². The molecule has 0 saturated carbocycles. The standard InChI is InChI=1S/C26H25ClN4O3S/c1-3-34-19-14-12-18(13-15-19)31-23-11-7-6-10-22(23)29-26(31)35-17-25(33)30(2)16-24(32)28-21-9-5-4-8-20(21)27/h4-15H,3,16-17H2,1-2H3,(H,28,32). The van der Waals surface area contributed by atoms with Gasteiger partial charge >= 0.3 is 0 Å². The van der Waals surface area contributed by atoms with E-state index in [1.807, 2.05) is 60.0 Å². The van der Waals surface area contributed by atoms with Crippen molar-refractivity contribution < 1.29 is 14.3 Å². The molecule has 0 spiro atoms. The van der Waals surface area contributed by atoms with E-state index >= 15 is 0 Å². The van der Waals surface area contributed by atoms with Crippen molar-refractivity contribution in [1.29, 1.82) is 0 Å². The monoisotopic (exact) mass is 508 g/mol. The minimum absolute atomic E-state index is 0.0834. The molecule has 9 heteroatoms. The van der Waals surface area contributed by atoms with Crippen molar-refractivity contribution in [2.75, 3.05) is 31.3 Å². The van der Waals surface area contributed by atoms with Crippen LogP contribution in [0.1, 0.15) is 6.92 Å². The molecule has 3 aromatic carbocycles. The fourth-order valence-corrected chi connectivity index (χ4v) is 4.65. The van der Waals surface area contributed by atoms with E-state index in [4.69, 9.17) is 21.3 Å². The fraction of sp³-hybridized carbons (Fsp3) is 0.192. The first-order chi connectivity index (χ1) is 17.0. The summed E-state index contributed by atoms with van der Waals surface area (Å²) in [5.41, 5.74) is 3.21. The number of para-hydroxylation sites is 3. The number of benzene rings is 3. The molecule has 4 aromatic rings. The van der Waals surface area contributed by atoms with Crippen molar-refractivity contribution in [1.82, 2.24) is 14.5 Å². The summed E-state index contributed by atoms with van der Waals surface area (Å²) in [7, 11) is 1.60. The Morgan fingerprint density at radius 2 is 1.77 bits per heavy atom. The summed E-state index contributed by atoms with van der Waals surface area (Å²) in [5, 5.41) is 3.87. The molecule has 0 aliphatic heterocycles. The minimum atomic E-state index is -0.319. The third kappa shape index (κ3) is 5.96. The highest BCUT2D eigenvalue weighted by atomic mass is 35.5. The number of nitrogens with one attached hydrogen (secondary N) is 1. The Labute approximate surface area is 213 Å². The molecule has 35 heavy (non-hydrogen) atoms. The predicted molar refractivity (Wildman–Crippen MR) is 141 cm³/mol. The summed E-state index contributed by atoms with van der Waals surface area (Å²) >= 11 is 7.42. The molecule has 0 radical (unpaired) electrons. The van der Waals surface area contributed by atoms with E-state index in [-0.39, 0.29) is 24.1 Å². The van der Waals surface area contributed by atoms with Crippen LogP contribution in [0.4, 0.5) is 5.69 Å². The van der Waals surface area contributed by atoms with Crippen molar-refractivity contribution >= 4 is 51.9 Å². The number of nitrogens with zero attached hydrogens (tertiary/aromatic N) is 3. The number of hydrogen-bond donors (Lipinski definition) is 1. The largest absolute Gasteiger partial charge is 0.494 e. The Bertz CT molecular complexity index is 1340. The van der Waals surface area contributed by atoms with Crippen LogP contribution in [0.3, 0.4) is 0 Å². The van der Waals surface area contributed by atoms with Crippen LogP contribution in [0.25, 0.3) is 16.7 Å². The molecule has 1 N–H and O–H groups in total. The van der Waals surface area contributed by atoms with Crippen LogP contribution in [0.2, 0.25) is 5.02 Å². The second-order valence-corrected chi connectivity index (χ2v) is 9.06. The van der Waals surface area contributed by atoms with E-state index < -0.39 is 0 Å². The van der Waals surface area contributed by atoms with E-state index in [0.29, 0.717) is 22.5 Å². The zero-order chi connectivity index (χ0) is 24.8. The SMILES string of the molecule is CCOc1ccc(-n2c(SCC(=O)N(C)CC(=O)Nc3ccccc3Cl)nc3ccccc32)cc1. The van der Waals surface area contributed by atoms with Crippen LogP contribution in [0.15, 0.2) is 78.0 Å². The highest BCUT2D eigenvalue weighted by Gasteiger charge is 2.18. The maximum atomic E-state index is 12.8. The third-order valence-corrected chi connectivity index (χ3v) is 6.47. The van der Waals surface area contributed by atoms with Gasteiger partial charge in [0.15, 0.2) is 5.16 Å². The molecule has 2 amide bonds. The molecule has 7 nitrogen and oxygen atoms in total. The number of aromatic nitrogens is 2. The summed E-state index contributed by atoms with van der Waals surface area (Å²) in [6.07, 6.45) is 0. The number of amides is 2. The number of likely N-dealkylation sites (N-methyl/N-ethyl adjacent to an activating group) is 1. The first kappa shape index (κ1) is 24.6. The maximum Gasteiger partial charge on any atom is 0.244 e. The number of thioether (sulfide) groups is 1. The van der Waals surface area contributed by atoms with Gasteiger partial charge in [0.1, 0.15) is 5.75 Å². The van der Waals surface area contributed by atoms with Crippen molar-refractivity contribution in [2.45, 2.75) is 12.1 Å². The van der Waals surface area contributed by atoms with Gasteiger partial charge in [0.05, 0.1) is 40.6 Å². The van der Waals surface area contributed by atoms with Gasteiger partial charge in [0.2, 0.25) is 11.8 Å². The number of hydrogen-bond acceptors (Lipinski definition) is 5. The van der Waals surface area contributed by atoms with Crippen LogP contribution in [-0.4, -0.2) is 52.2 Å². The first-order valence-electron chi connectivity index (χ1n) is 11.1. The minimum Gasteiger partial charge on any atom is -0.494 e. The average Bonchev–Trinajstić information content (AvgIpc) is 3.23. The van der Waals surface area contributed by atoms with Crippen molar-refractivity contribution in [3.63, 3.8) is 0 Å². The van der Waals surface area contributed by atoms with Crippen molar-refractivity contribution in [3.05, 3.63) is 77.8 Å². The van der Waals surface area contributed by atoms with E-state index in [2.05, 4.69) is 5.32 Å². The number of imidazole rings is 1. The first-order valence-corrected chi connectivity index (χ1v) is 12.4. The lowest BCUT2D eigenvalue weighted by atomic mass is 10.2. The lowest BCUT2D eigenvalue weighted by Crippen LogP contribution is -2.36. The zero-order valence-electron chi connectivity index (χ0n) is 19.4. The Balaban J connectivity index is 1.45. The highest BCUT2D eigenvalue weighted by Crippen LogP contribution is 2.29. The predicted octanol–water partition coefficient (Wildman–Crippen LogP) is 5.27. The molecular formula is C26H25ClN4O3S. The van der Waals surface area contributed by atoms with Crippen LogP contribution in [-0.2, 0) is 9.59 Å². The summed E-state index contributed by atoms with van der Waals surface area (Å²) in [5.74, 6) is 0.424. The van der Waals surface area contributed by atoms with Crippen LogP contribution in [0, 0.1) is 0 Å². The van der Waals surface area contributed by atoms with E-state index in [1.165, 1.54) is 16.7 Å². The molecule has 0 atom stereocenters. The van der Waals surface area contributed by atoms with E-state index in [0.717, 1.165) is 22.5 Å². The molecule has 0 bridgehead atoms. The quantitative estimate of drug-likeness (QED) is 0.312. The van der Waals surface area contributed by atoms with Gasteiger partial charge in [-0.2, -0.15) is 0 Å². The molecule has 0 aliphatic rings. The van der Waals surface area contributed by atoms with Gasteiger partial charge < -0.3 is 15.0 Å². The Morgan fingerprint density at radius 1 is 1.06 bits per heavy atom. The number of ether oxygens (including phenoxy) is 1. The number of fused-ring (bicyclic) bond motifs is 1. The molecule has 180 valence electrons. The fourth-order valence-electron chi connectivity index (χ4n) is 3.50. The van der Waals surface area contributed by atoms with Crippen molar-refractivity contribution in [2.24, 2.45) is 0 Å². The smallest absolute Gasteiger partial charge is 0.244 e. The average molecular weight is 509 g/mol. The third-order valence-electron chi connectivity index (χ3n) is 5.22. The normalized spacial score (nSPS) is 10.8. The molecule has 0 fully saturated rings. The molecular weight excluding hydrogens is 484 g/mol. The summed E-state index contributed by atoms with van der Waals surface area (Å²) in [6.45, 7) is 2.46. The lowest BCUT2D eigenvalue weighted by Gasteiger charge is -2.17. The second-order valence-electron chi connectivity index (χ2n) is 7.71. The van der Waals surface area contributed by atoms with Crippen LogP contribution < -0.4 is 10.1 Å². The van der Waals surface area contributed by atoms with Gasteiger partial charge in [-0.15, -0.1) is 0 Å². The Hall–Kier alpha value is -3.49. The summed E-state index contributed by atoms with van der Waals surface area (Å²) < 4.78 is 7.58. The Kier molecular flexibility index (Phi) is 7.94. The lowest BCUT2D eigenvalue weighted by molar-refractivity contribution is -0.131. The van der Waals surface area contributed by atoms with E-state index in [9.17, 15) is 9.59 Å². The molecule has 0 unspecified atom stereocenters. The molecule has 4 rings (SSSR count). The number of rotatable bonds is 9. The molecule has 1 heterocycles. The van der Waals surface area contributed by atoms with Crippen LogP contribution in [0.5, 0.6) is 5.75 Å². The number of carbonyl (C=O) groups excluding carboxylic acids is 2. The Morgan fingerprint density at radius 3 is 2.51 bits per heavy atom. The summed E-state index contributed by atoms with van der Waals surface area (Å²) in [6, 6.07) is 22.6. The zero-order valence-corrected chi connectivity index (χ0v) is 21.0. The molecule has 0 aliphatic carbocycles. The molecule has 0 saturated heterocycles.